The molecule has 0 spiro atoms. The number of carbonyl (C=O) groups is 1. The van der Waals surface area contributed by atoms with E-state index in [9.17, 15) is 4.79 Å². The highest BCUT2D eigenvalue weighted by atomic mass is 16.5. The lowest BCUT2D eigenvalue weighted by Crippen LogP contribution is -2.47. The molecule has 0 amide bonds. The minimum Gasteiger partial charge on any atom is -0.465 e. The normalized spacial score (nSPS) is 19.6. The van der Waals surface area contributed by atoms with Crippen molar-refractivity contribution in [3.63, 3.8) is 0 Å². The second-order valence-corrected chi connectivity index (χ2v) is 6.81. The molecule has 0 bridgehead atoms. The molecule has 0 radical (unpaired) electrons. The van der Waals surface area contributed by atoms with Gasteiger partial charge in [0.2, 0.25) is 0 Å². The molecule has 1 saturated carbocycles. The first-order valence-electron chi connectivity index (χ1n) is 8.20. The molecule has 0 aromatic heterocycles. The van der Waals surface area contributed by atoms with E-state index in [0.717, 1.165) is 12.8 Å². The van der Waals surface area contributed by atoms with Crippen molar-refractivity contribution in [3.8, 4) is 0 Å². The molecule has 1 unspecified atom stereocenters. The number of rotatable bonds is 8. The number of hydrogen-bond acceptors (Lipinski definition) is 3. The van der Waals surface area contributed by atoms with Gasteiger partial charge in [0.1, 0.15) is 0 Å². The highest BCUT2D eigenvalue weighted by molar-refractivity contribution is 5.78. The monoisotopic (exact) mass is 284 g/mol. The number of hydrogen-bond donors (Lipinski definition) is 0. The molecule has 3 nitrogen and oxygen atoms in total. The SMILES string of the molecule is CCOCC(C(=O)OCC(C)C)(C(C)C)C1CCCC1. The second kappa shape index (κ2) is 8.02. The lowest BCUT2D eigenvalue weighted by atomic mass is 9.67. The van der Waals surface area contributed by atoms with Gasteiger partial charge in [-0.1, -0.05) is 40.5 Å². The molecule has 1 aliphatic carbocycles. The van der Waals surface area contributed by atoms with Crippen molar-refractivity contribution < 1.29 is 14.3 Å². The van der Waals surface area contributed by atoms with Crippen LogP contribution < -0.4 is 0 Å². The van der Waals surface area contributed by atoms with Crippen molar-refractivity contribution in [3.05, 3.63) is 0 Å². The third-order valence-corrected chi connectivity index (χ3v) is 4.59. The molecular formula is C17H32O3. The summed E-state index contributed by atoms with van der Waals surface area (Å²) in [5.41, 5.74) is -0.457. The zero-order valence-electron chi connectivity index (χ0n) is 13.9. The van der Waals surface area contributed by atoms with Crippen LogP contribution in [0, 0.1) is 23.2 Å². The highest BCUT2D eigenvalue weighted by Crippen LogP contribution is 2.46. The summed E-state index contributed by atoms with van der Waals surface area (Å²) >= 11 is 0. The lowest BCUT2D eigenvalue weighted by molar-refractivity contribution is -0.171. The molecular weight excluding hydrogens is 252 g/mol. The van der Waals surface area contributed by atoms with Crippen LogP contribution >= 0.6 is 0 Å². The van der Waals surface area contributed by atoms with Crippen LogP contribution in [0.5, 0.6) is 0 Å². The molecule has 1 rings (SSSR count). The van der Waals surface area contributed by atoms with E-state index >= 15 is 0 Å². The summed E-state index contributed by atoms with van der Waals surface area (Å²) in [4.78, 5) is 12.8. The maximum Gasteiger partial charge on any atom is 0.314 e. The molecule has 1 fully saturated rings. The second-order valence-electron chi connectivity index (χ2n) is 6.81. The average molecular weight is 284 g/mol. The Bertz CT molecular complexity index is 293. The summed E-state index contributed by atoms with van der Waals surface area (Å²) in [5.74, 6) is 0.992. The third-order valence-electron chi connectivity index (χ3n) is 4.59. The van der Waals surface area contributed by atoms with Crippen LogP contribution in [0.25, 0.3) is 0 Å². The van der Waals surface area contributed by atoms with Gasteiger partial charge in [-0.25, -0.2) is 0 Å². The zero-order valence-corrected chi connectivity index (χ0v) is 13.9. The molecule has 0 aromatic carbocycles. The molecule has 0 heterocycles. The Morgan fingerprint density at radius 2 is 1.80 bits per heavy atom. The summed E-state index contributed by atoms with van der Waals surface area (Å²) in [6.45, 7) is 12.1. The molecule has 20 heavy (non-hydrogen) atoms. The quantitative estimate of drug-likeness (QED) is 0.631. The standard InChI is InChI=1S/C17H32O3/c1-6-19-12-17(14(4)5,15-9-7-8-10-15)16(18)20-11-13(2)3/h13-15H,6-12H2,1-5H3. The summed E-state index contributed by atoms with van der Waals surface area (Å²) < 4.78 is 11.3. The molecule has 0 saturated heterocycles. The van der Waals surface area contributed by atoms with Gasteiger partial charge in [-0.05, 0) is 37.5 Å². The summed E-state index contributed by atoms with van der Waals surface area (Å²) in [5, 5.41) is 0. The van der Waals surface area contributed by atoms with Crippen LogP contribution in [0.1, 0.15) is 60.3 Å². The summed E-state index contributed by atoms with van der Waals surface area (Å²) in [6, 6.07) is 0. The average Bonchev–Trinajstić information content (AvgIpc) is 2.91. The fraction of sp³-hybridized carbons (Fsp3) is 0.941. The number of ether oxygens (including phenoxy) is 2. The van der Waals surface area contributed by atoms with Crippen molar-refractivity contribution in [2.45, 2.75) is 60.3 Å². The molecule has 1 atom stereocenters. The Morgan fingerprint density at radius 1 is 1.20 bits per heavy atom. The van der Waals surface area contributed by atoms with E-state index in [2.05, 4.69) is 27.7 Å². The Kier molecular flexibility index (Phi) is 7.01. The Morgan fingerprint density at radius 3 is 2.25 bits per heavy atom. The minimum absolute atomic E-state index is 0.0402. The van der Waals surface area contributed by atoms with Crippen LogP contribution in [-0.4, -0.2) is 25.8 Å². The molecule has 118 valence electrons. The largest absolute Gasteiger partial charge is 0.465 e. The van der Waals surface area contributed by atoms with Crippen LogP contribution in [0.3, 0.4) is 0 Å². The Balaban J connectivity index is 2.91. The van der Waals surface area contributed by atoms with Crippen molar-refractivity contribution in [1.82, 2.24) is 0 Å². The van der Waals surface area contributed by atoms with E-state index in [1.807, 2.05) is 6.92 Å². The van der Waals surface area contributed by atoms with Gasteiger partial charge >= 0.3 is 5.97 Å². The summed E-state index contributed by atoms with van der Waals surface area (Å²) in [7, 11) is 0. The Hall–Kier alpha value is -0.570. The predicted octanol–water partition coefficient (Wildman–Crippen LogP) is 4.05. The highest BCUT2D eigenvalue weighted by Gasteiger charge is 2.50. The smallest absolute Gasteiger partial charge is 0.314 e. The number of carbonyl (C=O) groups excluding carboxylic acids is 1. The topological polar surface area (TPSA) is 35.5 Å². The van der Waals surface area contributed by atoms with Crippen LogP contribution in [0.2, 0.25) is 0 Å². The molecule has 0 aliphatic heterocycles. The maximum absolute atomic E-state index is 12.8. The van der Waals surface area contributed by atoms with Crippen molar-refractivity contribution in [2.75, 3.05) is 19.8 Å². The van der Waals surface area contributed by atoms with Gasteiger partial charge < -0.3 is 9.47 Å². The maximum atomic E-state index is 12.8. The van der Waals surface area contributed by atoms with E-state index in [0.29, 0.717) is 31.7 Å². The number of esters is 1. The first kappa shape index (κ1) is 17.5. The fourth-order valence-electron chi connectivity index (χ4n) is 3.31. The first-order valence-corrected chi connectivity index (χ1v) is 8.20. The van der Waals surface area contributed by atoms with Gasteiger partial charge in [0.15, 0.2) is 0 Å². The van der Waals surface area contributed by atoms with Gasteiger partial charge in [-0.15, -0.1) is 0 Å². The molecule has 3 heteroatoms. The van der Waals surface area contributed by atoms with E-state index < -0.39 is 5.41 Å². The zero-order chi connectivity index (χ0) is 15.2. The van der Waals surface area contributed by atoms with Gasteiger partial charge in [-0.3, -0.25) is 4.79 Å². The van der Waals surface area contributed by atoms with E-state index in [1.54, 1.807) is 0 Å². The predicted molar refractivity (Wildman–Crippen MR) is 81.5 cm³/mol. The lowest BCUT2D eigenvalue weighted by Gasteiger charge is -2.40. The summed E-state index contributed by atoms with van der Waals surface area (Å²) in [6.07, 6.45) is 4.70. The van der Waals surface area contributed by atoms with E-state index in [-0.39, 0.29) is 11.9 Å². The van der Waals surface area contributed by atoms with Crippen LogP contribution in [0.4, 0.5) is 0 Å². The Labute approximate surface area is 124 Å². The molecule has 1 aliphatic rings. The van der Waals surface area contributed by atoms with Crippen molar-refractivity contribution in [1.29, 1.82) is 0 Å². The van der Waals surface area contributed by atoms with Crippen molar-refractivity contribution in [2.24, 2.45) is 23.2 Å². The molecule has 0 N–H and O–H groups in total. The molecule has 0 aromatic rings. The fourth-order valence-corrected chi connectivity index (χ4v) is 3.31. The van der Waals surface area contributed by atoms with Crippen molar-refractivity contribution >= 4 is 5.97 Å². The first-order chi connectivity index (χ1) is 9.45. The van der Waals surface area contributed by atoms with E-state index in [1.165, 1.54) is 12.8 Å². The van der Waals surface area contributed by atoms with Gasteiger partial charge in [0.25, 0.3) is 0 Å². The third kappa shape index (κ3) is 3.97. The van der Waals surface area contributed by atoms with Crippen LogP contribution in [-0.2, 0) is 14.3 Å². The van der Waals surface area contributed by atoms with Gasteiger partial charge in [0.05, 0.1) is 18.6 Å². The van der Waals surface area contributed by atoms with Gasteiger partial charge in [0, 0.05) is 6.61 Å². The van der Waals surface area contributed by atoms with Crippen LogP contribution in [0.15, 0.2) is 0 Å². The van der Waals surface area contributed by atoms with E-state index in [4.69, 9.17) is 9.47 Å². The van der Waals surface area contributed by atoms with Gasteiger partial charge in [-0.2, -0.15) is 0 Å². The minimum atomic E-state index is -0.457.